The van der Waals surface area contributed by atoms with Crippen LogP contribution in [0.15, 0.2) is 41.8 Å². The van der Waals surface area contributed by atoms with Crippen LogP contribution in [0.1, 0.15) is 10.7 Å². The van der Waals surface area contributed by atoms with Crippen molar-refractivity contribution in [3.05, 3.63) is 52.5 Å². The van der Waals surface area contributed by atoms with Gasteiger partial charge in [0, 0.05) is 38.5 Å². The van der Waals surface area contributed by atoms with Crippen molar-refractivity contribution >= 4 is 28.4 Å². The molecule has 2 aromatic heterocycles. The number of aryl methyl sites for hydroxylation is 1. The van der Waals surface area contributed by atoms with Gasteiger partial charge < -0.3 is 19.5 Å². The Morgan fingerprint density at radius 2 is 2.15 bits per heavy atom. The molecule has 3 rings (SSSR count). The van der Waals surface area contributed by atoms with Crippen molar-refractivity contribution < 1.29 is 9.53 Å². The number of thiophene rings is 1. The Morgan fingerprint density at radius 3 is 2.88 bits per heavy atom. The van der Waals surface area contributed by atoms with Crippen LogP contribution in [0, 0.1) is 0 Å². The lowest BCUT2D eigenvalue weighted by molar-refractivity contribution is 0.147. The van der Waals surface area contributed by atoms with E-state index in [1.165, 1.54) is 0 Å². The van der Waals surface area contributed by atoms with Gasteiger partial charge >= 0.3 is 6.03 Å². The van der Waals surface area contributed by atoms with Crippen LogP contribution in [-0.2, 0) is 24.8 Å². The highest BCUT2D eigenvalue weighted by atomic mass is 32.1. The van der Waals surface area contributed by atoms with E-state index in [0.29, 0.717) is 32.7 Å². The highest BCUT2D eigenvalue weighted by molar-refractivity contribution is 7.09. The quantitative estimate of drug-likeness (QED) is 0.661. The average Bonchev–Trinajstić information content (AvgIpc) is 3.27. The van der Waals surface area contributed by atoms with Crippen LogP contribution in [-0.4, -0.2) is 47.3 Å². The van der Waals surface area contributed by atoms with Gasteiger partial charge in [-0.3, -0.25) is 0 Å². The van der Waals surface area contributed by atoms with E-state index in [2.05, 4.69) is 20.9 Å². The first-order valence-corrected chi connectivity index (χ1v) is 9.51. The van der Waals surface area contributed by atoms with E-state index in [1.54, 1.807) is 23.3 Å². The Bertz CT molecular complexity index is 844. The maximum Gasteiger partial charge on any atom is 0.317 e. The number of methoxy groups -OCH3 is 1. The van der Waals surface area contributed by atoms with E-state index in [9.17, 15) is 4.79 Å². The lowest BCUT2D eigenvalue weighted by Crippen LogP contribution is -2.41. The van der Waals surface area contributed by atoms with Gasteiger partial charge in [-0.2, -0.15) is 0 Å². The maximum absolute atomic E-state index is 12.6. The van der Waals surface area contributed by atoms with Gasteiger partial charge in [-0.15, -0.1) is 11.3 Å². The van der Waals surface area contributed by atoms with Crippen molar-refractivity contribution in [2.24, 2.45) is 7.05 Å². The second kappa shape index (κ2) is 8.82. The molecule has 0 saturated heterocycles. The summed E-state index contributed by atoms with van der Waals surface area (Å²) in [5, 5.41) is 5.03. The standard InChI is InChI=1S/C19H24N4O2S/c1-22-17-8-4-3-7-16(17)21-18(22)9-10-20-19(24)23(11-12-25-2)14-15-6-5-13-26-15/h3-8,13H,9-12,14H2,1-2H3,(H,20,24). The minimum absolute atomic E-state index is 0.0748. The minimum atomic E-state index is -0.0748. The molecule has 0 aliphatic rings. The number of rotatable bonds is 8. The second-order valence-corrected chi connectivity index (χ2v) is 7.08. The SMILES string of the molecule is COCCN(Cc1cccs1)C(=O)NCCc1nc2ccccc2n1C. The molecule has 0 bridgehead atoms. The zero-order valence-corrected chi connectivity index (χ0v) is 16.0. The number of ether oxygens (including phenoxy) is 1. The summed E-state index contributed by atoms with van der Waals surface area (Å²) in [6.07, 6.45) is 0.689. The third-order valence-electron chi connectivity index (χ3n) is 4.28. The zero-order chi connectivity index (χ0) is 18.4. The molecule has 138 valence electrons. The third-order valence-corrected chi connectivity index (χ3v) is 5.15. The molecule has 0 spiro atoms. The van der Waals surface area contributed by atoms with Crippen LogP contribution in [0.2, 0.25) is 0 Å². The molecule has 0 radical (unpaired) electrons. The second-order valence-electron chi connectivity index (χ2n) is 6.05. The Kier molecular flexibility index (Phi) is 6.25. The number of hydrogen-bond acceptors (Lipinski definition) is 4. The Hall–Kier alpha value is -2.38. The number of amides is 2. The summed E-state index contributed by atoms with van der Waals surface area (Å²) in [5.41, 5.74) is 2.09. The van der Waals surface area contributed by atoms with Gasteiger partial charge in [-0.25, -0.2) is 9.78 Å². The van der Waals surface area contributed by atoms with Crippen molar-refractivity contribution in [1.82, 2.24) is 19.8 Å². The highest BCUT2D eigenvalue weighted by Crippen LogP contribution is 2.14. The van der Waals surface area contributed by atoms with Gasteiger partial charge in [0.2, 0.25) is 0 Å². The first-order valence-electron chi connectivity index (χ1n) is 8.63. The molecular formula is C19H24N4O2S. The largest absolute Gasteiger partial charge is 0.383 e. The van der Waals surface area contributed by atoms with Crippen molar-refractivity contribution in [2.75, 3.05) is 26.8 Å². The number of benzene rings is 1. The number of imidazole rings is 1. The first kappa shape index (κ1) is 18.4. The summed E-state index contributed by atoms with van der Waals surface area (Å²) < 4.78 is 7.21. The van der Waals surface area contributed by atoms with Crippen LogP contribution >= 0.6 is 11.3 Å². The Labute approximate surface area is 157 Å². The van der Waals surface area contributed by atoms with Crippen molar-refractivity contribution in [2.45, 2.75) is 13.0 Å². The summed E-state index contributed by atoms with van der Waals surface area (Å²) >= 11 is 1.65. The van der Waals surface area contributed by atoms with E-state index in [0.717, 1.165) is 21.7 Å². The molecule has 0 unspecified atom stereocenters. The Balaban J connectivity index is 1.57. The van der Waals surface area contributed by atoms with Crippen LogP contribution in [0.3, 0.4) is 0 Å². The number of carbonyl (C=O) groups excluding carboxylic acids is 1. The normalized spacial score (nSPS) is 11.0. The summed E-state index contributed by atoms with van der Waals surface area (Å²) in [7, 11) is 3.65. The number of nitrogens with one attached hydrogen (secondary N) is 1. The lowest BCUT2D eigenvalue weighted by atomic mass is 10.3. The number of nitrogens with zero attached hydrogens (tertiary/aromatic N) is 3. The van der Waals surface area contributed by atoms with Gasteiger partial charge in [0.15, 0.2) is 0 Å². The van der Waals surface area contributed by atoms with Crippen LogP contribution in [0.4, 0.5) is 4.79 Å². The smallest absolute Gasteiger partial charge is 0.317 e. The van der Waals surface area contributed by atoms with Gasteiger partial charge in [0.25, 0.3) is 0 Å². The number of fused-ring (bicyclic) bond motifs is 1. The van der Waals surface area contributed by atoms with Crippen molar-refractivity contribution in [3.63, 3.8) is 0 Å². The summed E-state index contributed by atoms with van der Waals surface area (Å²) in [5.74, 6) is 0.966. The predicted octanol–water partition coefficient (Wildman–Crippen LogP) is 3.04. The van der Waals surface area contributed by atoms with Gasteiger partial charge in [-0.05, 0) is 23.6 Å². The number of carbonyl (C=O) groups is 1. The molecule has 0 fully saturated rings. The van der Waals surface area contributed by atoms with Crippen LogP contribution < -0.4 is 5.32 Å². The van der Waals surface area contributed by atoms with Crippen molar-refractivity contribution in [3.8, 4) is 0 Å². The Morgan fingerprint density at radius 1 is 1.31 bits per heavy atom. The number of aromatic nitrogens is 2. The minimum Gasteiger partial charge on any atom is -0.383 e. The van der Waals surface area contributed by atoms with Gasteiger partial charge in [-0.1, -0.05) is 18.2 Å². The molecule has 0 aliphatic heterocycles. The van der Waals surface area contributed by atoms with E-state index in [-0.39, 0.29) is 6.03 Å². The fourth-order valence-electron chi connectivity index (χ4n) is 2.86. The highest BCUT2D eigenvalue weighted by Gasteiger charge is 2.14. The molecule has 2 amide bonds. The molecule has 2 heterocycles. The lowest BCUT2D eigenvalue weighted by Gasteiger charge is -2.22. The fraction of sp³-hybridized carbons (Fsp3) is 0.368. The van der Waals surface area contributed by atoms with Gasteiger partial charge in [0.05, 0.1) is 24.2 Å². The fourth-order valence-corrected chi connectivity index (χ4v) is 3.58. The number of urea groups is 1. The van der Waals surface area contributed by atoms with Crippen LogP contribution in [0.25, 0.3) is 11.0 Å². The van der Waals surface area contributed by atoms with E-state index < -0.39 is 0 Å². The molecule has 1 aromatic carbocycles. The molecular weight excluding hydrogens is 348 g/mol. The predicted molar refractivity (Wildman–Crippen MR) is 104 cm³/mol. The van der Waals surface area contributed by atoms with E-state index in [4.69, 9.17) is 4.74 Å². The number of para-hydroxylation sites is 2. The molecule has 0 atom stereocenters. The average molecular weight is 372 g/mol. The molecule has 0 aliphatic carbocycles. The molecule has 7 heteroatoms. The summed E-state index contributed by atoms with van der Waals surface area (Å²) in [6, 6.07) is 12.0. The molecule has 0 saturated carbocycles. The topological polar surface area (TPSA) is 59.4 Å². The monoisotopic (exact) mass is 372 g/mol. The van der Waals surface area contributed by atoms with Crippen LogP contribution in [0.5, 0.6) is 0 Å². The number of hydrogen-bond donors (Lipinski definition) is 1. The molecule has 26 heavy (non-hydrogen) atoms. The zero-order valence-electron chi connectivity index (χ0n) is 15.1. The molecule has 1 N–H and O–H groups in total. The van der Waals surface area contributed by atoms with E-state index in [1.807, 2.05) is 42.8 Å². The molecule has 6 nitrogen and oxygen atoms in total. The summed E-state index contributed by atoms with van der Waals surface area (Å²) in [6.45, 7) is 2.22. The third kappa shape index (κ3) is 4.42. The van der Waals surface area contributed by atoms with Crippen molar-refractivity contribution in [1.29, 1.82) is 0 Å². The molecule has 3 aromatic rings. The maximum atomic E-state index is 12.6. The van der Waals surface area contributed by atoms with Gasteiger partial charge in [0.1, 0.15) is 5.82 Å². The van der Waals surface area contributed by atoms with E-state index >= 15 is 0 Å². The first-order chi connectivity index (χ1) is 12.7. The summed E-state index contributed by atoms with van der Waals surface area (Å²) in [4.78, 5) is 20.1.